The lowest BCUT2D eigenvalue weighted by atomic mass is 10.2. The Balaban J connectivity index is 3.10. The summed E-state index contributed by atoms with van der Waals surface area (Å²) >= 11 is 5.52. The van der Waals surface area contributed by atoms with Crippen LogP contribution in [0.2, 0.25) is 0 Å². The molecule has 0 bridgehead atoms. The van der Waals surface area contributed by atoms with Crippen LogP contribution in [0, 0.1) is 5.92 Å². The van der Waals surface area contributed by atoms with Gasteiger partial charge in [-0.3, -0.25) is 4.90 Å². The van der Waals surface area contributed by atoms with Gasteiger partial charge in [0.2, 0.25) is 0 Å². The van der Waals surface area contributed by atoms with Crippen LogP contribution in [0.15, 0.2) is 0 Å². The Kier molecular flexibility index (Phi) is 4.29. The fraction of sp³-hybridized carbons (Fsp3) is 1.00. The van der Waals surface area contributed by atoms with E-state index in [0.29, 0.717) is 6.00 Å². The summed E-state index contributed by atoms with van der Waals surface area (Å²) in [7, 11) is 2.02. The predicted molar refractivity (Wildman–Crippen MR) is 38.2 cm³/mol. The third-order valence-electron chi connectivity index (χ3n) is 0.881. The van der Waals surface area contributed by atoms with Crippen molar-refractivity contribution in [2.45, 2.75) is 13.8 Å². The SMILES string of the molecule is CC(C)CN(C)CCl. The van der Waals surface area contributed by atoms with E-state index < -0.39 is 0 Å². The molecule has 0 unspecified atom stereocenters. The largest absolute Gasteiger partial charge is 0.293 e. The number of alkyl halides is 1. The first-order valence-electron chi connectivity index (χ1n) is 2.91. The lowest BCUT2D eigenvalue weighted by Crippen LogP contribution is -2.21. The lowest BCUT2D eigenvalue weighted by molar-refractivity contribution is 0.338. The first-order chi connectivity index (χ1) is 3.66. The maximum Gasteiger partial charge on any atom is 0.0736 e. The van der Waals surface area contributed by atoms with Crippen molar-refractivity contribution in [1.82, 2.24) is 4.90 Å². The van der Waals surface area contributed by atoms with Crippen molar-refractivity contribution in [2.24, 2.45) is 5.92 Å². The highest BCUT2D eigenvalue weighted by Crippen LogP contribution is 1.95. The van der Waals surface area contributed by atoms with E-state index in [1.807, 2.05) is 7.05 Å². The van der Waals surface area contributed by atoms with Gasteiger partial charge < -0.3 is 0 Å². The molecular weight excluding hydrogens is 122 g/mol. The van der Waals surface area contributed by atoms with E-state index in [4.69, 9.17) is 11.6 Å². The molecule has 0 N–H and O–H groups in total. The molecule has 0 fully saturated rings. The van der Waals surface area contributed by atoms with Crippen molar-refractivity contribution in [3.8, 4) is 0 Å². The van der Waals surface area contributed by atoms with Gasteiger partial charge in [0.15, 0.2) is 0 Å². The van der Waals surface area contributed by atoms with E-state index in [-0.39, 0.29) is 0 Å². The number of rotatable bonds is 3. The van der Waals surface area contributed by atoms with Crippen LogP contribution in [0.1, 0.15) is 13.8 Å². The van der Waals surface area contributed by atoms with Gasteiger partial charge in [-0.1, -0.05) is 13.8 Å². The van der Waals surface area contributed by atoms with Gasteiger partial charge in [0.05, 0.1) is 6.00 Å². The Bertz CT molecular complexity index is 54.5. The second kappa shape index (κ2) is 4.16. The van der Waals surface area contributed by atoms with Crippen molar-refractivity contribution >= 4 is 11.6 Å². The summed E-state index contributed by atoms with van der Waals surface area (Å²) < 4.78 is 0. The van der Waals surface area contributed by atoms with E-state index in [2.05, 4.69) is 18.7 Å². The molecule has 0 rings (SSSR count). The molecule has 50 valence electrons. The van der Waals surface area contributed by atoms with Crippen molar-refractivity contribution in [3.63, 3.8) is 0 Å². The van der Waals surface area contributed by atoms with Gasteiger partial charge in [-0.2, -0.15) is 0 Å². The Morgan fingerprint density at radius 3 is 2.12 bits per heavy atom. The summed E-state index contributed by atoms with van der Waals surface area (Å²) in [4.78, 5) is 2.09. The predicted octanol–water partition coefficient (Wildman–Crippen LogP) is 1.77. The first-order valence-corrected chi connectivity index (χ1v) is 3.44. The van der Waals surface area contributed by atoms with Crippen molar-refractivity contribution < 1.29 is 0 Å². The normalized spacial score (nSPS) is 11.2. The van der Waals surface area contributed by atoms with Crippen LogP contribution < -0.4 is 0 Å². The molecule has 0 aliphatic carbocycles. The number of nitrogens with zero attached hydrogens (tertiary/aromatic N) is 1. The summed E-state index contributed by atoms with van der Waals surface area (Å²) in [6.07, 6.45) is 0. The zero-order chi connectivity index (χ0) is 6.57. The van der Waals surface area contributed by atoms with Crippen LogP contribution in [-0.2, 0) is 0 Å². The van der Waals surface area contributed by atoms with Crippen LogP contribution >= 0.6 is 11.6 Å². The van der Waals surface area contributed by atoms with Gasteiger partial charge in [0.1, 0.15) is 0 Å². The molecule has 0 amide bonds. The zero-order valence-electron chi connectivity index (χ0n) is 5.82. The van der Waals surface area contributed by atoms with Gasteiger partial charge in [-0.25, -0.2) is 0 Å². The summed E-state index contributed by atoms with van der Waals surface area (Å²) in [6, 6.07) is 0.637. The average Bonchev–Trinajstić information content (AvgIpc) is 1.65. The van der Waals surface area contributed by atoms with Crippen LogP contribution in [0.4, 0.5) is 0 Å². The van der Waals surface area contributed by atoms with Gasteiger partial charge >= 0.3 is 0 Å². The number of halogens is 1. The standard InChI is InChI=1S/C6H14ClN/c1-6(2)4-8(3)5-7/h6H,4-5H2,1-3H3. The average molecular weight is 136 g/mol. The molecule has 0 radical (unpaired) electrons. The fourth-order valence-corrected chi connectivity index (χ4v) is 0.770. The van der Waals surface area contributed by atoms with Gasteiger partial charge in [0, 0.05) is 6.54 Å². The van der Waals surface area contributed by atoms with Crippen molar-refractivity contribution in [3.05, 3.63) is 0 Å². The van der Waals surface area contributed by atoms with Crippen LogP contribution in [0.5, 0.6) is 0 Å². The molecule has 0 atom stereocenters. The van der Waals surface area contributed by atoms with Crippen LogP contribution in [0.3, 0.4) is 0 Å². The number of hydrogen-bond acceptors (Lipinski definition) is 1. The molecule has 0 saturated carbocycles. The molecular formula is C6H14ClN. The molecule has 1 nitrogen and oxygen atoms in total. The van der Waals surface area contributed by atoms with Crippen molar-refractivity contribution in [1.29, 1.82) is 0 Å². The van der Waals surface area contributed by atoms with Gasteiger partial charge in [-0.15, -0.1) is 11.6 Å². The molecule has 8 heavy (non-hydrogen) atoms. The fourth-order valence-electron chi connectivity index (χ4n) is 0.672. The Morgan fingerprint density at radius 1 is 1.50 bits per heavy atom. The van der Waals surface area contributed by atoms with Gasteiger partial charge in [-0.05, 0) is 13.0 Å². The Morgan fingerprint density at radius 2 is 2.00 bits per heavy atom. The van der Waals surface area contributed by atoms with E-state index >= 15 is 0 Å². The monoisotopic (exact) mass is 135 g/mol. The van der Waals surface area contributed by atoms with E-state index in [1.54, 1.807) is 0 Å². The first kappa shape index (κ1) is 8.25. The highest BCUT2D eigenvalue weighted by atomic mass is 35.5. The summed E-state index contributed by atoms with van der Waals surface area (Å²) in [6.45, 7) is 5.45. The smallest absolute Gasteiger partial charge is 0.0736 e. The third kappa shape index (κ3) is 4.41. The van der Waals surface area contributed by atoms with E-state index in [1.165, 1.54) is 0 Å². The van der Waals surface area contributed by atoms with Crippen molar-refractivity contribution in [2.75, 3.05) is 19.6 Å². The highest BCUT2D eigenvalue weighted by molar-refractivity contribution is 6.17. The maximum absolute atomic E-state index is 5.52. The summed E-state index contributed by atoms with van der Waals surface area (Å²) in [5.74, 6) is 0.721. The molecule has 0 aliphatic rings. The van der Waals surface area contributed by atoms with Crippen LogP contribution in [0.25, 0.3) is 0 Å². The molecule has 0 aromatic carbocycles. The van der Waals surface area contributed by atoms with E-state index in [9.17, 15) is 0 Å². The quantitative estimate of drug-likeness (QED) is 0.421. The molecule has 0 saturated heterocycles. The topological polar surface area (TPSA) is 3.24 Å². The minimum absolute atomic E-state index is 0.637. The Labute approximate surface area is 56.6 Å². The minimum Gasteiger partial charge on any atom is -0.293 e. The lowest BCUT2D eigenvalue weighted by Gasteiger charge is -2.14. The second-order valence-corrected chi connectivity index (χ2v) is 2.79. The molecule has 0 aliphatic heterocycles. The Hall–Kier alpha value is 0.250. The van der Waals surface area contributed by atoms with E-state index in [0.717, 1.165) is 12.5 Å². The molecule has 0 spiro atoms. The third-order valence-corrected chi connectivity index (χ3v) is 1.29. The number of hydrogen-bond donors (Lipinski definition) is 0. The highest BCUT2D eigenvalue weighted by Gasteiger charge is 1.97. The molecule has 0 heterocycles. The maximum atomic E-state index is 5.52. The van der Waals surface area contributed by atoms with Gasteiger partial charge in [0.25, 0.3) is 0 Å². The minimum atomic E-state index is 0.637. The van der Waals surface area contributed by atoms with Crippen LogP contribution in [-0.4, -0.2) is 24.5 Å². The molecule has 2 heteroatoms. The molecule has 0 aromatic rings. The molecule has 0 aromatic heterocycles. The summed E-state index contributed by atoms with van der Waals surface area (Å²) in [5, 5.41) is 0. The second-order valence-electron chi connectivity index (χ2n) is 2.55. The zero-order valence-corrected chi connectivity index (χ0v) is 6.57. The summed E-state index contributed by atoms with van der Waals surface area (Å²) in [5.41, 5.74) is 0.